The lowest BCUT2D eigenvalue weighted by Gasteiger charge is -2.19. The van der Waals surface area contributed by atoms with E-state index in [0.29, 0.717) is 30.1 Å². The fourth-order valence-electron chi connectivity index (χ4n) is 1.98. The van der Waals surface area contributed by atoms with Crippen molar-refractivity contribution in [3.63, 3.8) is 0 Å². The zero-order valence-corrected chi connectivity index (χ0v) is 11.8. The van der Waals surface area contributed by atoms with Crippen molar-refractivity contribution >= 4 is 39.1 Å². The van der Waals surface area contributed by atoms with Crippen LogP contribution < -0.4 is 4.90 Å². The summed E-state index contributed by atoms with van der Waals surface area (Å²) in [6, 6.07) is 3.55. The van der Waals surface area contributed by atoms with Gasteiger partial charge in [-0.25, -0.2) is 0 Å². The Bertz CT molecular complexity index is 464. The van der Waals surface area contributed by atoms with Gasteiger partial charge in [0.25, 0.3) is 0 Å². The highest BCUT2D eigenvalue weighted by Gasteiger charge is 2.31. The van der Waals surface area contributed by atoms with Crippen molar-refractivity contribution in [1.82, 2.24) is 0 Å². The molecule has 0 aliphatic carbocycles. The number of carbonyl (C=O) groups is 1. The van der Waals surface area contributed by atoms with Crippen molar-refractivity contribution in [1.29, 1.82) is 0 Å². The van der Waals surface area contributed by atoms with Crippen molar-refractivity contribution in [2.24, 2.45) is 5.92 Å². The van der Waals surface area contributed by atoms with E-state index in [1.54, 1.807) is 24.0 Å². The lowest BCUT2D eigenvalue weighted by atomic mass is 10.1. The Morgan fingerprint density at radius 2 is 2.29 bits per heavy atom. The SMILES string of the molecule is Cc1ccc(N2CC(CBr)CC2=O)c(Cl)c1O. The van der Waals surface area contributed by atoms with Crippen molar-refractivity contribution in [3.8, 4) is 5.75 Å². The molecule has 1 atom stereocenters. The smallest absolute Gasteiger partial charge is 0.227 e. The van der Waals surface area contributed by atoms with Crippen LogP contribution in [0.5, 0.6) is 5.75 Å². The van der Waals surface area contributed by atoms with Gasteiger partial charge in [-0.2, -0.15) is 0 Å². The molecule has 1 aliphatic rings. The molecule has 0 radical (unpaired) electrons. The average Bonchev–Trinajstić information content (AvgIpc) is 2.68. The number of phenols is 1. The van der Waals surface area contributed by atoms with E-state index in [9.17, 15) is 9.90 Å². The van der Waals surface area contributed by atoms with Crippen LogP contribution in [0.25, 0.3) is 0 Å². The fraction of sp³-hybridized carbons (Fsp3) is 0.417. The second-order valence-corrected chi connectivity index (χ2v) is 5.32. The standard InChI is InChI=1S/C12H13BrClNO2/c1-7-2-3-9(11(14)12(7)17)15-6-8(5-13)4-10(15)16/h2-3,8,17H,4-6H2,1H3. The third-order valence-electron chi connectivity index (χ3n) is 3.01. The number of phenolic OH excluding ortho intramolecular Hbond substituents is 1. The Hall–Kier alpha value is -0.740. The molecule has 1 heterocycles. The van der Waals surface area contributed by atoms with Gasteiger partial charge in [0.05, 0.1) is 5.69 Å². The lowest BCUT2D eigenvalue weighted by molar-refractivity contribution is -0.117. The molecule has 0 saturated carbocycles. The summed E-state index contributed by atoms with van der Waals surface area (Å²) < 4.78 is 0. The predicted molar refractivity (Wildman–Crippen MR) is 72.1 cm³/mol. The molecule has 0 spiro atoms. The van der Waals surface area contributed by atoms with E-state index >= 15 is 0 Å². The van der Waals surface area contributed by atoms with Crippen molar-refractivity contribution in [2.45, 2.75) is 13.3 Å². The molecular formula is C12H13BrClNO2. The third-order valence-corrected chi connectivity index (χ3v) is 4.30. The minimum absolute atomic E-state index is 0.0549. The summed E-state index contributed by atoms with van der Waals surface area (Å²) in [6.07, 6.45) is 0.524. The summed E-state index contributed by atoms with van der Waals surface area (Å²) in [5.74, 6) is 0.417. The molecule has 1 unspecified atom stereocenters. The molecule has 2 rings (SSSR count). The molecule has 0 aromatic heterocycles. The Morgan fingerprint density at radius 1 is 1.59 bits per heavy atom. The van der Waals surface area contributed by atoms with Gasteiger partial charge in [0.15, 0.2) is 0 Å². The van der Waals surface area contributed by atoms with Gasteiger partial charge in [0.2, 0.25) is 5.91 Å². The summed E-state index contributed by atoms with van der Waals surface area (Å²) in [5, 5.41) is 10.8. The fourth-order valence-corrected chi connectivity index (χ4v) is 2.72. The monoisotopic (exact) mass is 317 g/mol. The van der Waals surface area contributed by atoms with Crippen LogP contribution in [-0.4, -0.2) is 22.9 Å². The van der Waals surface area contributed by atoms with Gasteiger partial charge < -0.3 is 10.0 Å². The maximum absolute atomic E-state index is 11.9. The highest BCUT2D eigenvalue weighted by Crippen LogP contribution is 2.38. The first-order valence-corrected chi connectivity index (χ1v) is 6.89. The predicted octanol–water partition coefficient (Wildman–Crippen LogP) is 3.10. The van der Waals surface area contributed by atoms with Crippen LogP contribution in [0.4, 0.5) is 5.69 Å². The van der Waals surface area contributed by atoms with Gasteiger partial charge in [-0.3, -0.25) is 4.79 Å². The molecule has 1 aliphatic heterocycles. The zero-order chi connectivity index (χ0) is 12.6. The van der Waals surface area contributed by atoms with E-state index in [1.807, 2.05) is 0 Å². The number of rotatable bonds is 2. The van der Waals surface area contributed by atoms with Crippen LogP contribution in [0.1, 0.15) is 12.0 Å². The summed E-state index contributed by atoms with van der Waals surface area (Å²) in [4.78, 5) is 13.5. The second-order valence-electron chi connectivity index (χ2n) is 4.29. The van der Waals surface area contributed by atoms with Crippen molar-refractivity contribution in [3.05, 3.63) is 22.7 Å². The molecule has 1 aromatic rings. The number of alkyl halides is 1. The number of aromatic hydroxyl groups is 1. The molecular weight excluding hydrogens is 305 g/mol. The van der Waals surface area contributed by atoms with E-state index in [0.717, 1.165) is 5.33 Å². The van der Waals surface area contributed by atoms with E-state index < -0.39 is 0 Å². The van der Waals surface area contributed by atoms with E-state index in [2.05, 4.69) is 15.9 Å². The van der Waals surface area contributed by atoms with Crippen LogP contribution >= 0.6 is 27.5 Å². The molecule has 0 bridgehead atoms. The number of amides is 1. The lowest BCUT2D eigenvalue weighted by Crippen LogP contribution is -2.25. The summed E-state index contributed by atoms with van der Waals surface area (Å²) in [5.41, 5.74) is 1.31. The van der Waals surface area contributed by atoms with Crippen molar-refractivity contribution < 1.29 is 9.90 Å². The number of aryl methyl sites for hydroxylation is 1. The van der Waals surface area contributed by atoms with Gasteiger partial charge in [-0.15, -0.1) is 0 Å². The molecule has 1 amide bonds. The number of benzene rings is 1. The topological polar surface area (TPSA) is 40.5 Å². The molecule has 1 saturated heterocycles. The molecule has 1 fully saturated rings. The summed E-state index contributed by atoms with van der Waals surface area (Å²) in [7, 11) is 0. The molecule has 5 heteroatoms. The maximum Gasteiger partial charge on any atom is 0.227 e. The van der Waals surface area contributed by atoms with E-state index in [1.165, 1.54) is 0 Å². The number of nitrogens with zero attached hydrogens (tertiary/aromatic N) is 1. The first kappa shape index (κ1) is 12.7. The van der Waals surface area contributed by atoms with Gasteiger partial charge >= 0.3 is 0 Å². The molecule has 1 N–H and O–H groups in total. The number of hydrogen-bond acceptors (Lipinski definition) is 2. The number of hydrogen-bond donors (Lipinski definition) is 1. The molecule has 92 valence electrons. The zero-order valence-electron chi connectivity index (χ0n) is 9.41. The minimum Gasteiger partial charge on any atom is -0.506 e. The Morgan fingerprint density at radius 3 is 2.88 bits per heavy atom. The number of halogens is 2. The maximum atomic E-state index is 11.9. The van der Waals surface area contributed by atoms with Gasteiger partial charge in [0.1, 0.15) is 10.8 Å². The van der Waals surface area contributed by atoms with Crippen LogP contribution in [0, 0.1) is 12.8 Å². The van der Waals surface area contributed by atoms with Gasteiger partial charge in [-0.05, 0) is 24.5 Å². The Labute approximate surface area is 114 Å². The molecule has 3 nitrogen and oxygen atoms in total. The van der Waals surface area contributed by atoms with Crippen molar-refractivity contribution in [2.75, 3.05) is 16.8 Å². The Balaban J connectivity index is 2.35. The highest BCUT2D eigenvalue weighted by molar-refractivity contribution is 9.09. The van der Waals surface area contributed by atoms with Gasteiger partial charge in [0, 0.05) is 18.3 Å². The number of anilines is 1. The van der Waals surface area contributed by atoms with Crippen LogP contribution in [0.15, 0.2) is 12.1 Å². The first-order valence-electron chi connectivity index (χ1n) is 5.39. The third kappa shape index (κ3) is 2.29. The van der Waals surface area contributed by atoms with E-state index in [4.69, 9.17) is 11.6 Å². The minimum atomic E-state index is 0.0549. The largest absolute Gasteiger partial charge is 0.506 e. The normalized spacial score (nSPS) is 20.1. The first-order chi connectivity index (χ1) is 8.04. The second kappa shape index (κ2) is 4.86. The molecule has 17 heavy (non-hydrogen) atoms. The average molecular weight is 319 g/mol. The van der Waals surface area contributed by atoms with Crippen LogP contribution in [0.3, 0.4) is 0 Å². The number of carbonyl (C=O) groups excluding carboxylic acids is 1. The Kier molecular flexibility index (Phi) is 3.64. The van der Waals surface area contributed by atoms with E-state index in [-0.39, 0.29) is 16.7 Å². The van der Waals surface area contributed by atoms with Crippen LogP contribution in [-0.2, 0) is 4.79 Å². The van der Waals surface area contributed by atoms with Gasteiger partial charge in [-0.1, -0.05) is 33.6 Å². The highest BCUT2D eigenvalue weighted by atomic mass is 79.9. The summed E-state index contributed by atoms with van der Waals surface area (Å²) >= 11 is 9.47. The van der Waals surface area contributed by atoms with Crippen LogP contribution in [0.2, 0.25) is 5.02 Å². The summed E-state index contributed by atoms with van der Waals surface area (Å²) in [6.45, 7) is 2.42. The molecule has 1 aromatic carbocycles. The quantitative estimate of drug-likeness (QED) is 0.851.